The van der Waals surface area contributed by atoms with Crippen LogP contribution in [0, 0.1) is 0 Å². The molecule has 1 fully saturated rings. The lowest BCUT2D eigenvalue weighted by Crippen LogP contribution is -2.25. The molecule has 1 aromatic rings. The average molecular weight is 259 g/mol. The van der Waals surface area contributed by atoms with Crippen molar-refractivity contribution in [2.75, 3.05) is 26.0 Å². The van der Waals surface area contributed by atoms with Crippen LogP contribution >= 0.6 is 0 Å². The van der Waals surface area contributed by atoms with Crippen LogP contribution in [0.3, 0.4) is 0 Å². The molecule has 1 aliphatic rings. The summed E-state index contributed by atoms with van der Waals surface area (Å²) in [6.45, 7) is 1.86. The van der Waals surface area contributed by atoms with E-state index in [1.807, 2.05) is 10.8 Å². The number of rotatable bonds is 5. The van der Waals surface area contributed by atoms with E-state index in [1.54, 1.807) is 6.20 Å². The maximum Gasteiger partial charge on any atom is 0.213 e. The van der Waals surface area contributed by atoms with Gasteiger partial charge in [0, 0.05) is 31.5 Å². The van der Waals surface area contributed by atoms with Crippen molar-refractivity contribution in [2.24, 2.45) is 0 Å². The number of aromatic nitrogens is 2. The smallest absolute Gasteiger partial charge is 0.213 e. The van der Waals surface area contributed by atoms with Gasteiger partial charge < -0.3 is 9.30 Å². The number of aryl methyl sites for hydroxylation is 1. The first-order valence-corrected chi connectivity index (χ1v) is 7.27. The molecule has 7 heteroatoms. The lowest BCUT2D eigenvalue weighted by atomic mass is 10.1. The van der Waals surface area contributed by atoms with E-state index >= 15 is 0 Å². The molecule has 1 aromatic heterocycles. The minimum absolute atomic E-state index is 0.0699. The lowest BCUT2D eigenvalue weighted by Gasteiger charge is -2.11. The van der Waals surface area contributed by atoms with Crippen LogP contribution in [0.15, 0.2) is 12.4 Å². The minimum atomic E-state index is -3.17. The monoisotopic (exact) mass is 259 g/mol. The molecule has 1 saturated heterocycles. The average Bonchev–Trinajstić information content (AvgIpc) is 2.96. The van der Waals surface area contributed by atoms with Gasteiger partial charge in [-0.1, -0.05) is 0 Å². The van der Waals surface area contributed by atoms with Crippen LogP contribution < -0.4 is 4.72 Å². The van der Waals surface area contributed by atoms with Gasteiger partial charge >= 0.3 is 0 Å². The fraction of sp³-hybridized carbons (Fsp3) is 0.700. The largest absolute Gasteiger partial charge is 0.381 e. The lowest BCUT2D eigenvalue weighted by molar-refractivity contribution is 0.192. The summed E-state index contributed by atoms with van der Waals surface area (Å²) in [5, 5.41) is 0. The van der Waals surface area contributed by atoms with Crippen molar-refractivity contribution >= 4 is 10.0 Å². The van der Waals surface area contributed by atoms with Crippen LogP contribution in [0.1, 0.15) is 18.2 Å². The van der Waals surface area contributed by atoms with Crippen LogP contribution in [0.5, 0.6) is 0 Å². The molecule has 1 N–H and O–H groups in total. The minimum Gasteiger partial charge on any atom is -0.381 e. The predicted octanol–water partition coefficient (Wildman–Crippen LogP) is -0.0638. The van der Waals surface area contributed by atoms with E-state index in [-0.39, 0.29) is 5.75 Å². The van der Waals surface area contributed by atoms with Crippen molar-refractivity contribution in [1.82, 2.24) is 14.3 Å². The topological polar surface area (TPSA) is 73.2 Å². The highest BCUT2D eigenvalue weighted by molar-refractivity contribution is 7.89. The number of nitrogens with zero attached hydrogens (tertiary/aromatic N) is 2. The maximum absolute atomic E-state index is 11.4. The van der Waals surface area contributed by atoms with Gasteiger partial charge in [0.25, 0.3) is 0 Å². The summed E-state index contributed by atoms with van der Waals surface area (Å²) in [4.78, 5) is 4.29. The SMILES string of the molecule is CNS(=O)(=O)CCn1ccnc1[C@H]1CCOC1. The Kier molecular flexibility index (Phi) is 3.80. The Morgan fingerprint density at radius 1 is 1.65 bits per heavy atom. The van der Waals surface area contributed by atoms with Crippen LogP contribution in [0.2, 0.25) is 0 Å². The molecule has 0 aliphatic carbocycles. The summed E-state index contributed by atoms with van der Waals surface area (Å²) in [5.74, 6) is 1.29. The first-order valence-electron chi connectivity index (χ1n) is 5.62. The fourth-order valence-corrected chi connectivity index (χ4v) is 2.57. The van der Waals surface area contributed by atoms with Gasteiger partial charge in [0.1, 0.15) is 5.82 Å². The number of hydrogen-bond acceptors (Lipinski definition) is 4. The molecule has 2 rings (SSSR count). The molecule has 17 heavy (non-hydrogen) atoms. The molecule has 0 aromatic carbocycles. The van der Waals surface area contributed by atoms with Crippen LogP contribution in [-0.2, 0) is 21.3 Å². The zero-order chi connectivity index (χ0) is 12.3. The molecule has 0 radical (unpaired) electrons. The van der Waals surface area contributed by atoms with Crippen molar-refractivity contribution in [1.29, 1.82) is 0 Å². The van der Waals surface area contributed by atoms with Gasteiger partial charge in [0.2, 0.25) is 10.0 Å². The van der Waals surface area contributed by atoms with Crippen molar-refractivity contribution in [2.45, 2.75) is 18.9 Å². The summed E-state index contributed by atoms with van der Waals surface area (Å²) in [6, 6.07) is 0. The van der Waals surface area contributed by atoms with E-state index in [1.165, 1.54) is 7.05 Å². The van der Waals surface area contributed by atoms with Gasteiger partial charge in [0.15, 0.2) is 0 Å². The van der Waals surface area contributed by atoms with E-state index < -0.39 is 10.0 Å². The summed E-state index contributed by atoms with van der Waals surface area (Å²) >= 11 is 0. The van der Waals surface area contributed by atoms with E-state index in [4.69, 9.17) is 4.74 Å². The maximum atomic E-state index is 11.4. The van der Waals surface area contributed by atoms with Crippen LogP contribution in [0.4, 0.5) is 0 Å². The Morgan fingerprint density at radius 2 is 2.47 bits per heavy atom. The Hall–Kier alpha value is -0.920. The number of hydrogen-bond donors (Lipinski definition) is 1. The molecule has 1 atom stereocenters. The van der Waals surface area contributed by atoms with Gasteiger partial charge in [0.05, 0.1) is 12.4 Å². The summed E-state index contributed by atoms with van der Waals surface area (Å²) in [7, 11) is -1.74. The molecule has 0 saturated carbocycles. The van der Waals surface area contributed by atoms with Crippen molar-refractivity contribution < 1.29 is 13.2 Å². The van der Waals surface area contributed by atoms with Crippen LogP contribution in [0.25, 0.3) is 0 Å². The van der Waals surface area contributed by atoms with Gasteiger partial charge in [-0.3, -0.25) is 0 Å². The van der Waals surface area contributed by atoms with Gasteiger partial charge in [-0.25, -0.2) is 18.1 Å². The zero-order valence-corrected chi connectivity index (χ0v) is 10.6. The highest BCUT2D eigenvalue weighted by Crippen LogP contribution is 2.23. The highest BCUT2D eigenvalue weighted by Gasteiger charge is 2.22. The summed E-state index contributed by atoms with van der Waals surface area (Å²) < 4.78 is 32.2. The molecule has 0 spiro atoms. The number of nitrogens with one attached hydrogen (secondary N) is 1. The van der Waals surface area contributed by atoms with E-state index in [9.17, 15) is 8.42 Å². The van der Waals surface area contributed by atoms with Gasteiger partial charge in [-0.15, -0.1) is 0 Å². The van der Waals surface area contributed by atoms with Gasteiger partial charge in [-0.05, 0) is 13.5 Å². The molecule has 96 valence electrons. The van der Waals surface area contributed by atoms with Crippen molar-refractivity contribution in [3.05, 3.63) is 18.2 Å². The Labute approximate surface area is 101 Å². The second kappa shape index (κ2) is 5.16. The molecule has 6 nitrogen and oxygen atoms in total. The molecular weight excluding hydrogens is 242 g/mol. The predicted molar refractivity (Wildman–Crippen MR) is 63.3 cm³/mol. The molecular formula is C10H17N3O3S. The Bertz CT molecular complexity index is 463. The fourth-order valence-electron chi connectivity index (χ4n) is 1.93. The van der Waals surface area contributed by atoms with E-state index in [0.717, 1.165) is 18.9 Å². The number of imidazole rings is 1. The zero-order valence-electron chi connectivity index (χ0n) is 9.80. The van der Waals surface area contributed by atoms with Crippen LogP contribution in [-0.4, -0.2) is 44.0 Å². The van der Waals surface area contributed by atoms with E-state index in [2.05, 4.69) is 9.71 Å². The third-order valence-electron chi connectivity index (χ3n) is 2.95. The molecule has 0 bridgehead atoms. The first kappa shape index (κ1) is 12.5. The highest BCUT2D eigenvalue weighted by atomic mass is 32.2. The molecule has 1 aliphatic heterocycles. The van der Waals surface area contributed by atoms with E-state index in [0.29, 0.717) is 19.1 Å². The number of sulfonamides is 1. The molecule has 0 amide bonds. The molecule has 2 heterocycles. The van der Waals surface area contributed by atoms with Crippen molar-refractivity contribution in [3.63, 3.8) is 0 Å². The first-order chi connectivity index (χ1) is 8.12. The second-order valence-corrected chi connectivity index (χ2v) is 6.11. The van der Waals surface area contributed by atoms with Gasteiger partial charge in [-0.2, -0.15) is 0 Å². The number of ether oxygens (including phenoxy) is 1. The summed E-state index contributed by atoms with van der Waals surface area (Å²) in [5.41, 5.74) is 0. The quantitative estimate of drug-likeness (QED) is 0.803. The normalized spacial score (nSPS) is 20.9. The van der Waals surface area contributed by atoms with Crippen molar-refractivity contribution in [3.8, 4) is 0 Å². The third kappa shape index (κ3) is 3.05. The Balaban J connectivity index is 2.04. The third-order valence-corrected chi connectivity index (χ3v) is 4.30. The standard InChI is InChI=1S/C10H17N3O3S/c1-11-17(14,15)7-5-13-4-3-12-10(13)9-2-6-16-8-9/h3-4,9,11H,2,5-8H2,1H3/t9-/m0/s1. The second-order valence-electron chi connectivity index (χ2n) is 4.06. The summed E-state index contributed by atoms with van der Waals surface area (Å²) in [6.07, 6.45) is 4.48. The Morgan fingerprint density at radius 3 is 3.12 bits per heavy atom. The molecule has 0 unspecified atom stereocenters.